The summed E-state index contributed by atoms with van der Waals surface area (Å²) in [5.74, 6) is 1.10. The molecule has 2 amide bonds. The Morgan fingerprint density at radius 1 is 1.19 bits per heavy atom. The van der Waals surface area contributed by atoms with Crippen molar-refractivity contribution >= 4 is 23.2 Å². The average molecular weight is 387 g/mol. The summed E-state index contributed by atoms with van der Waals surface area (Å²) in [6, 6.07) is 11.8. The molecule has 144 valence electrons. The summed E-state index contributed by atoms with van der Waals surface area (Å²) >= 11 is 1.61. The van der Waals surface area contributed by atoms with Gasteiger partial charge in [-0.1, -0.05) is 24.3 Å². The number of rotatable bonds is 7. The zero-order valence-electron chi connectivity index (χ0n) is 15.6. The van der Waals surface area contributed by atoms with Gasteiger partial charge in [0.2, 0.25) is 11.8 Å². The van der Waals surface area contributed by atoms with Crippen molar-refractivity contribution in [3.63, 3.8) is 0 Å². The minimum absolute atomic E-state index is 0.00606. The van der Waals surface area contributed by atoms with E-state index in [2.05, 4.69) is 5.32 Å². The number of hydrogen-bond acceptors (Lipinski definition) is 4. The van der Waals surface area contributed by atoms with Crippen LogP contribution < -0.4 is 10.1 Å². The van der Waals surface area contributed by atoms with E-state index in [-0.39, 0.29) is 17.7 Å². The number of ether oxygens (including phenoxy) is 1. The molecular weight excluding hydrogens is 360 g/mol. The Morgan fingerprint density at radius 2 is 1.96 bits per heavy atom. The van der Waals surface area contributed by atoms with E-state index >= 15 is 0 Å². The normalized spacial score (nSPS) is 14.8. The van der Waals surface area contributed by atoms with Crippen molar-refractivity contribution in [2.24, 2.45) is 5.92 Å². The smallest absolute Gasteiger partial charge is 0.227 e. The molecule has 0 spiro atoms. The van der Waals surface area contributed by atoms with Gasteiger partial charge in [-0.15, -0.1) is 11.3 Å². The number of methoxy groups -OCH3 is 1. The molecule has 6 heteroatoms. The number of piperidine rings is 1. The maximum atomic E-state index is 12.4. The quantitative estimate of drug-likeness (QED) is 0.796. The Balaban J connectivity index is 1.40. The largest absolute Gasteiger partial charge is 0.496 e. The number of thiophene rings is 1. The molecule has 0 saturated carbocycles. The maximum Gasteiger partial charge on any atom is 0.227 e. The molecule has 2 aromatic rings. The number of amides is 2. The van der Waals surface area contributed by atoms with Gasteiger partial charge < -0.3 is 15.0 Å². The van der Waals surface area contributed by atoms with E-state index in [9.17, 15) is 9.59 Å². The number of hydrogen-bond donors (Lipinski definition) is 1. The van der Waals surface area contributed by atoms with Gasteiger partial charge in [0.15, 0.2) is 0 Å². The third kappa shape index (κ3) is 5.32. The molecule has 1 N–H and O–H groups in total. The van der Waals surface area contributed by atoms with Crippen molar-refractivity contribution in [3.8, 4) is 5.75 Å². The number of carbonyl (C=O) groups is 2. The first-order valence-corrected chi connectivity index (χ1v) is 10.2. The van der Waals surface area contributed by atoms with Crippen molar-refractivity contribution in [2.75, 3.05) is 26.7 Å². The van der Waals surface area contributed by atoms with Gasteiger partial charge in [0.05, 0.1) is 13.5 Å². The van der Waals surface area contributed by atoms with Crippen LogP contribution in [0.2, 0.25) is 0 Å². The third-order valence-corrected chi connectivity index (χ3v) is 5.89. The third-order valence-electron chi connectivity index (χ3n) is 5.01. The predicted molar refractivity (Wildman–Crippen MR) is 107 cm³/mol. The fraction of sp³-hybridized carbons (Fsp3) is 0.429. The van der Waals surface area contributed by atoms with Gasteiger partial charge >= 0.3 is 0 Å². The number of benzene rings is 1. The SMILES string of the molecule is COc1ccccc1CCNC(=O)C1CCN(C(=O)Cc2cccs2)CC1. The highest BCUT2D eigenvalue weighted by atomic mass is 32.1. The van der Waals surface area contributed by atoms with Gasteiger partial charge in [-0.25, -0.2) is 0 Å². The first kappa shape index (κ1) is 19.4. The van der Waals surface area contributed by atoms with E-state index in [0.29, 0.717) is 26.1 Å². The lowest BCUT2D eigenvalue weighted by Gasteiger charge is -2.31. The first-order chi connectivity index (χ1) is 13.2. The minimum Gasteiger partial charge on any atom is -0.496 e. The second-order valence-corrected chi connectivity index (χ2v) is 7.80. The zero-order chi connectivity index (χ0) is 19.1. The Bertz CT molecular complexity index is 753. The molecule has 1 aromatic carbocycles. The van der Waals surface area contributed by atoms with Gasteiger partial charge in [-0.05, 0) is 42.3 Å². The van der Waals surface area contributed by atoms with Crippen molar-refractivity contribution < 1.29 is 14.3 Å². The average Bonchev–Trinajstić information content (AvgIpc) is 3.21. The first-order valence-electron chi connectivity index (χ1n) is 9.37. The van der Waals surface area contributed by atoms with Gasteiger partial charge in [0, 0.05) is 30.4 Å². The molecule has 0 aliphatic carbocycles. The monoisotopic (exact) mass is 386 g/mol. The van der Waals surface area contributed by atoms with E-state index in [1.165, 1.54) is 0 Å². The van der Waals surface area contributed by atoms with Gasteiger partial charge in [-0.2, -0.15) is 0 Å². The second-order valence-electron chi connectivity index (χ2n) is 6.76. The van der Waals surface area contributed by atoms with Crippen LogP contribution in [0.15, 0.2) is 41.8 Å². The molecule has 0 atom stereocenters. The highest BCUT2D eigenvalue weighted by Crippen LogP contribution is 2.20. The van der Waals surface area contributed by atoms with E-state index in [0.717, 1.165) is 35.5 Å². The van der Waals surface area contributed by atoms with E-state index in [4.69, 9.17) is 4.74 Å². The summed E-state index contributed by atoms with van der Waals surface area (Å²) in [6.07, 6.45) is 2.68. The Kier molecular flexibility index (Phi) is 6.87. The van der Waals surface area contributed by atoms with Crippen LogP contribution in [-0.4, -0.2) is 43.5 Å². The summed E-state index contributed by atoms with van der Waals surface area (Å²) in [4.78, 5) is 27.8. The van der Waals surface area contributed by atoms with Crippen LogP contribution in [0.1, 0.15) is 23.3 Å². The maximum absolute atomic E-state index is 12.4. The summed E-state index contributed by atoms with van der Waals surface area (Å²) in [5.41, 5.74) is 1.09. The molecule has 1 aliphatic heterocycles. The fourth-order valence-corrected chi connectivity index (χ4v) is 4.14. The number of nitrogens with one attached hydrogen (secondary N) is 1. The fourth-order valence-electron chi connectivity index (χ4n) is 3.44. The standard InChI is InChI=1S/C21H26N2O3S/c1-26-19-7-3-2-5-16(19)8-11-22-21(25)17-9-12-23(13-10-17)20(24)15-18-6-4-14-27-18/h2-7,14,17H,8-13,15H2,1H3,(H,22,25). The molecular formula is C21H26N2O3S. The lowest BCUT2D eigenvalue weighted by atomic mass is 9.95. The molecule has 1 aliphatic rings. The molecule has 1 fully saturated rings. The van der Waals surface area contributed by atoms with Crippen LogP contribution in [-0.2, 0) is 22.4 Å². The molecule has 3 rings (SSSR count). The van der Waals surface area contributed by atoms with Crippen LogP contribution in [0, 0.1) is 5.92 Å². The van der Waals surface area contributed by atoms with Crippen molar-refractivity contribution in [1.29, 1.82) is 0 Å². The highest BCUT2D eigenvalue weighted by Gasteiger charge is 2.27. The number of carbonyl (C=O) groups excluding carboxylic acids is 2. The van der Waals surface area contributed by atoms with E-state index in [1.54, 1.807) is 18.4 Å². The zero-order valence-corrected chi connectivity index (χ0v) is 16.5. The van der Waals surface area contributed by atoms with Crippen LogP contribution in [0.3, 0.4) is 0 Å². The predicted octanol–water partition coefficient (Wildman–Crippen LogP) is 2.90. The Hall–Kier alpha value is -2.34. The van der Waals surface area contributed by atoms with Crippen molar-refractivity contribution in [1.82, 2.24) is 10.2 Å². The van der Waals surface area contributed by atoms with Crippen LogP contribution in [0.5, 0.6) is 5.75 Å². The van der Waals surface area contributed by atoms with E-state index in [1.807, 2.05) is 46.7 Å². The second kappa shape index (κ2) is 9.55. The van der Waals surface area contributed by atoms with Gasteiger partial charge in [-0.3, -0.25) is 9.59 Å². The molecule has 0 bridgehead atoms. The lowest BCUT2D eigenvalue weighted by molar-refractivity contribution is -0.135. The van der Waals surface area contributed by atoms with Crippen LogP contribution >= 0.6 is 11.3 Å². The van der Waals surface area contributed by atoms with Crippen molar-refractivity contribution in [3.05, 3.63) is 52.2 Å². The molecule has 5 nitrogen and oxygen atoms in total. The molecule has 0 radical (unpaired) electrons. The molecule has 1 aromatic heterocycles. The van der Waals surface area contributed by atoms with Crippen LogP contribution in [0.4, 0.5) is 0 Å². The lowest BCUT2D eigenvalue weighted by Crippen LogP contribution is -2.43. The number of likely N-dealkylation sites (tertiary alicyclic amines) is 1. The summed E-state index contributed by atoms with van der Waals surface area (Å²) in [5, 5.41) is 5.03. The Labute approximate surface area is 164 Å². The molecule has 27 heavy (non-hydrogen) atoms. The molecule has 1 saturated heterocycles. The van der Waals surface area contributed by atoms with Crippen LogP contribution in [0.25, 0.3) is 0 Å². The van der Waals surface area contributed by atoms with Gasteiger partial charge in [0.25, 0.3) is 0 Å². The molecule has 2 heterocycles. The highest BCUT2D eigenvalue weighted by molar-refractivity contribution is 7.10. The van der Waals surface area contributed by atoms with Gasteiger partial charge in [0.1, 0.15) is 5.75 Å². The topological polar surface area (TPSA) is 58.6 Å². The van der Waals surface area contributed by atoms with E-state index < -0.39 is 0 Å². The summed E-state index contributed by atoms with van der Waals surface area (Å²) < 4.78 is 5.34. The summed E-state index contributed by atoms with van der Waals surface area (Å²) in [7, 11) is 1.66. The number of nitrogens with zero attached hydrogens (tertiary/aromatic N) is 1. The molecule has 0 unspecified atom stereocenters. The summed E-state index contributed by atoms with van der Waals surface area (Å²) in [6.45, 7) is 1.92. The number of para-hydroxylation sites is 1. The van der Waals surface area contributed by atoms with Crippen molar-refractivity contribution in [2.45, 2.75) is 25.7 Å². The minimum atomic E-state index is -0.00606. The Morgan fingerprint density at radius 3 is 2.67 bits per heavy atom.